The number of carbonyl (C=O) groups is 1. The number of benzene rings is 3. The lowest BCUT2D eigenvalue weighted by Gasteiger charge is -2.11. The van der Waals surface area contributed by atoms with Gasteiger partial charge in [0.2, 0.25) is 0 Å². The molecule has 130 valence electrons. The van der Waals surface area contributed by atoms with E-state index in [0.29, 0.717) is 23.7 Å². The third-order valence-corrected chi connectivity index (χ3v) is 3.92. The van der Waals surface area contributed by atoms with Gasteiger partial charge in [0, 0.05) is 0 Å². The maximum atomic E-state index is 12.7. The fourth-order valence-electron chi connectivity index (χ4n) is 2.52. The first-order valence-corrected chi connectivity index (χ1v) is 8.38. The van der Waals surface area contributed by atoms with Crippen LogP contribution in [-0.4, -0.2) is 12.9 Å². The molecule has 0 amide bonds. The predicted octanol–water partition coefficient (Wildman–Crippen LogP) is 5.17. The topological polar surface area (TPSA) is 35.5 Å². The third-order valence-electron chi connectivity index (χ3n) is 3.92. The Morgan fingerprint density at radius 1 is 0.923 bits per heavy atom. The number of allylic oxidation sites excluding steroid dienone is 1. The highest BCUT2D eigenvalue weighted by Crippen LogP contribution is 2.26. The Hall–Kier alpha value is -3.33. The largest absolute Gasteiger partial charge is 0.497 e. The van der Waals surface area contributed by atoms with Gasteiger partial charge >= 0.3 is 0 Å². The van der Waals surface area contributed by atoms with Crippen LogP contribution in [0.15, 0.2) is 84.9 Å². The van der Waals surface area contributed by atoms with E-state index in [4.69, 9.17) is 9.47 Å². The van der Waals surface area contributed by atoms with Crippen LogP contribution in [0.3, 0.4) is 0 Å². The molecule has 3 rings (SSSR count). The molecule has 0 atom stereocenters. The summed E-state index contributed by atoms with van der Waals surface area (Å²) in [6.07, 6.45) is 3.35. The maximum absolute atomic E-state index is 12.7. The summed E-state index contributed by atoms with van der Waals surface area (Å²) in [7, 11) is 1.58. The zero-order chi connectivity index (χ0) is 18.2. The van der Waals surface area contributed by atoms with E-state index >= 15 is 0 Å². The number of methoxy groups -OCH3 is 1. The van der Waals surface area contributed by atoms with Crippen molar-refractivity contribution >= 4 is 11.9 Å². The van der Waals surface area contributed by atoms with E-state index in [0.717, 1.165) is 11.1 Å². The van der Waals surface area contributed by atoms with Crippen molar-refractivity contribution < 1.29 is 14.3 Å². The molecule has 0 bridgehead atoms. The standard InChI is InChI=1S/C23H20O3/c1-25-20-13-15-23(26-17-19-10-6-3-7-11-19)21(16-20)22(24)14-12-18-8-4-2-5-9-18/h2-16H,17H2,1H3/b14-12+. The molecule has 0 spiro atoms. The van der Waals surface area contributed by atoms with Crippen molar-refractivity contribution in [3.05, 3.63) is 102 Å². The molecular weight excluding hydrogens is 324 g/mol. The van der Waals surface area contributed by atoms with Crippen molar-refractivity contribution in [1.29, 1.82) is 0 Å². The zero-order valence-corrected chi connectivity index (χ0v) is 14.6. The maximum Gasteiger partial charge on any atom is 0.189 e. The van der Waals surface area contributed by atoms with Crippen molar-refractivity contribution in [2.45, 2.75) is 6.61 Å². The Kier molecular flexibility index (Phi) is 5.84. The lowest BCUT2D eigenvalue weighted by Crippen LogP contribution is -2.03. The Morgan fingerprint density at radius 3 is 2.31 bits per heavy atom. The van der Waals surface area contributed by atoms with E-state index in [1.807, 2.05) is 60.7 Å². The Bertz CT molecular complexity index is 884. The molecule has 3 aromatic rings. The lowest BCUT2D eigenvalue weighted by molar-refractivity contribution is 0.104. The minimum Gasteiger partial charge on any atom is -0.497 e. The fourth-order valence-corrected chi connectivity index (χ4v) is 2.52. The van der Waals surface area contributed by atoms with Gasteiger partial charge in [0.05, 0.1) is 12.7 Å². The number of rotatable bonds is 7. The van der Waals surface area contributed by atoms with Crippen LogP contribution in [-0.2, 0) is 6.61 Å². The van der Waals surface area contributed by atoms with Gasteiger partial charge in [0.25, 0.3) is 0 Å². The van der Waals surface area contributed by atoms with E-state index in [1.54, 1.807) is 37.5 Å². The molecule has 0 aliphatic rings. The summed E-state index contributed by atoms with van der Waals surface area (Å²) in [6.45, 7) is 0.399. The van der Waals surface area contributed by atoms with Crippen LogP contribution in [0.25, 0.3) is 6.08 Å². The van der Waals surface area contributed by atoms with Gasteiger partial charge in [-0.3, -0.25) is 4.79 Å². The summed E-state index contributed by atoms with van der Waals surface area (Å²) < 4.78 is 11.1. The number of carbonyl (C=O) groups excluding carboxylic acids is 1. The molecule has 3 heteroatoms. The van der Waals surface area contributed by atoms with Crippen molar-refractivity contribution in [3.8, 4) is 11.5 Å². The van der Waals surface area contributed by atoms with Crippen LogP contribution in [0.1, 0.15) is 21.5 Å². The normalized spacial score (nSPS) is 10.7. The lowest BCUT2D eigenvalue weighted by atomic mass is 10.1. The molecule has 0 heterocycles. The minimum absolute atomic E-state index is 0.129. The van der Waals surface area contributed by atoms with Crippen molar-refractivity contribution in [3.63, 3.8) is 0 Å². The van der Waals surface area contributed by atoms with Crippen LogP contribution in [0, 0.1) is 0 Å². The van der Waals surface area contributed by atoms with Gasteiger partial charge in [-0.2, -0.15) is 0 Å². The van der Waals surface area contributed by atoms with E-state index in [-0.39, 0.29) is 5.78 Å². The molecular formula is C23H20O3. The third kappa shape index (κ3) is 4.61. The van der Waals surface area contributed by atoms with Gasteiger partial charge in [-0.15, -0.1) is 0 Å². The van der Waals surface area contributed by atoms with Crippen LogP contribution in [0.4, 0.5) is 0 Å². The van der Waals surface area contributed by atoms with E-state index in [2.05, 4.69) is 0 Å². The minimum atomic E-state index is -0.129. The number of ketones is 1. The predicted molar refractivity (Wildman–Crippen MR) is 104 cm³/mol. The van der Waals surface area contributed by atoms with Crippen molar-refractivity contribution in [1.82, 2.24) is 0 Å². The molecule has 0 aliphatic carbocycles. The van der Waals surface area contributed by atoms with Gasteiger partial charge in [0.1, 0.15) is 18.1 Å². The highest BCUT2D eigenvalue weighted by molar-refractivity contribution is 6.08. The summed E-state index contributed by atoms with van der Waals surface area (Å²) in [4.78, 5) is 12.7. The second kappa shape index (κ2) is 8.67. The van der Waals surface area contributed by atoms with Crippen LogP contribution in [0.2, 0.25) is 0 Å². The quantitative estimate of drug-likeness (QED) is 0.438. The summed E-state index contributed by atoms with van der Waals surface area (Å²) in [6, 6.07) is 24.8. The van der Waals surface area contributed by atoms with E-state index in [1.165, 1.54) is 0 Å². The SMILES string of the molecule is COc1ccc(OCc2ccccc2)c(C(=O)/C=C/c2ccccc2)c1. The first-order valence-electron chi connectivity index (χ1n) is 8.38. The van der Waals surface area contributed by atoms with Crippen molar-refractivity contribution in [2.75, 3.05) is 7.11 Å². The number of hydrogen-bond acceptors (Lipinski definition) is 3. The molecule has 3 aromatic carbocycles. The first-order chi connectivity index (χ1) is 12.8. The fraction of sp³-hybridized carbons (Fsp3) is 0.0870. The molecule has 0 aliphatic heterocycles. The van der Waals surface area contributed by atoms with Crippen LogP contribution >= 0.6 is 0 Å². The molecule has 3 nitrogen and oxygen atoms in total. The highest BCUT2D eigenvalue weighted by Gasteiger charge is 2.12. The van der Waals surface area contributed by atoms with Crippen LogP contribution in [0.5, 0.6) is 11.5 Å². The second-order valence-corrected chi connectivity index (χ2v) is 5.74. The van der Waals surface area contributed by atoms with Gasteiger partial charge in [-0.05, 0) is 35.4 Å². The second-order valence-electron chi connectivity index (χ2n) is 5.74. The Balaban J connectivity index is 1.81. The average molecular weight is 344 g/mol. The first kappa shape index (κ1) is 17.5. The molecule has 0 N–H and O–H groups in total. The molecule has 0 saturated carbocycles. The molecule has 0 unspecified atom stereocenters. The van der Waals surface area contributed by atoms with Gasteiger partial charge in [0.15, 0.2) is 5.78 Å². The van der Waals surface area contributed by atoms with Crippen LogP contribution < -0.4 is 9.47 Å². The monoisotopic (exact) mass is 344 g/mol. The molecule has 26 heavy (non-hydrogen) atoms. The Morgan fingerprint density at radius 2 is 1.62 bits per heavy atom. The smallest absolute Gasteiger partial charge is 0.189 e. The molecule has 0 aromatic heterocycles. The zero-order valence-electron chi connectivity index (χ0n) is 14.6. The summed E-state index contributed by atoms with van der Waals surface area (Å²) in [5.41, 5.74) is 2.49. The number of ether oxygens (including phenoxy) is 2. The number of hydrogen-bond donors (Lipinski definition) is 0. The Labute approximate surface area is 153 Å². The summed E-state index contributed by atoms with van der Waals surface area (Å²) >= 11 is 0. The molecule has 0 radical (unpaired) electrons. The molecule has 0 saturated heterocycles. The summed E-state index contributed by atoms with van der Waals surface area (Å²) in [5, 5.41) is 0. The molecule has 0 fully saturated rings. The van der Waals surface area contributed by atoms with Gasteiger partial charge < -0.3 is 9.47 Å². The summed E-state index contributed by atoms with van der Waals surface area (Å²) in [5.74, 6) is 1.03. The average Bonchev–Trinajstić information content (AvgIpc) is 2.72. The van der Waals surface area contributed by atoms with Crippen molar-refractivity contribution in [2.24, 2.45) is 0 Å². The highest BCUT2D eigenvalue weighted by atomic mass is 16.5. The van der Waals surface area contributed by atoms with E-state index < -0.39 is 0 Å². The van der Waals surface area contributed by atoms with Gasteiger partial charge in [-0.1, -0.05) is 66.7 Å². The van der Waals surface area contributed by atoms with E-state index in [9.17, 15) is 4.79 Å². The van der Waals surface area contributed by atoms with Gasteiger partial charge in [-0.25, -0.2) is 0 Å².